The van der Waals surface area contributed by atoms with E-state index in [1.165, 1.54) is 5.56 Å². The molecular weight excluding hydrogens is 314 g/mol. The van der Waals surface area contributed by atoms with E-state index >= 15 is 0 Å². The number of amides is 1. The van der Waals surface area contributed by atoms with Crippen LogP contribution in [0.1, 0.15) is 23.4 Å². The molecule has 0 fully saturated rings. The molecule has 3 rings (SSSR count). The van der Waals surface area contributed by atoms with Crippen LogP contribution in [0.15, 0.2) is 42.5 Å². The lowest BCUT2D eigenvalue weighted by molar-refractivity contribution is -0.123. The Kier molecular flexibility index (Phi) is 5.33. The van der Waals surface area contributed by atoms with Gasteiger partial charge in [-0.3, -0.25) is 4.79 Å². The zero-order valence-electron chi connectivity index (χ0n) is 14.6. The van der Waals surface area contributed by atoms with Crippen molar-refractivity contribution in [3.05, 3.63) is 59.4 Å². The second kappa shape index (κ2) is 7.83. The second-order valence-corrected chi connectivity index (χ2v) is 6.21. The summed E-state index contributed by atoms with van der Waals surface area (Å²) in [6.07, 6.45) is 1.63. The molecule has 0 spiro atoms. The van der Waals surface area contributed by atoms with Crippen LogP contribution in [0.25, 0.3) is 11.0 Å². The van der Waals surface area contributed by atoms with Gasteiger partial charge in [0.05, 0.1) is 11.0 Å². The normalized spacial score (nSPS) is 10.8. The Morgan fingerprint density at radius 3 is 2.84 bits per heavy atom. The smallest absolute Gasteiger partial charge is 0.257 e. The molecule has 1 heterocycles. The van der Waals surface area contributed by atoms with Gasteiger partial charge in [0, 0.05) is 13.0 Å². The lowest BCUT2D eigenvalue weighted by Crippen LogP contribution is -2.30. The summed E-state index contributed by atoms with van der Waals surface area (Å²) >= 11 is 0. The molecule has 0 saturated heterocycles. The Labute approximate surface area is 147 Å². The van der Waals surface area contributed by atoms with E-state index in [1.807, 2.05) is 56.3 Å². The molecule has 2 N–H and O–H groups in total. The highest BCUT2D eigenvalue weighted by atomic mass is 16.5. The van der Waals surface area contributed by atoms with Gasteiger partial charge >= 0.3 is 0 Å². The third-order valence-electron chi connectivity index (χ3n) is 4.04. The fraction of sp³-hybridized carbons (Fsp3) is 0.300. The molecule has 5 heteroatoms. The zero-order chi connectivity index (χ0) is 17.6. The van der Waals surface area contributed by atoms with Crippen LogP contribution in [0.2, 0.25) is 0 Å². The summed E-state index contributed by atoms with van der Waals surface area (Å²) in [4.78, 5) is 19.7. The van der Waals surface area contributed by atoms with Crippen molar-refractivity contribution in [2.75, 3.05) is 13.2 Å². The number of ether oxygens (including phenoxy) is 1. The van der Waals surface area contributed by atoms with Gasteiger partial charge in [0.25, 0.3) is 5.91 Å². The first-order chi connectivity index (χ1) is 12.1. The number of aryl methyl sites for hydroxylation is 3. The SMILES string of the molecule is Cc1ccc(OCC(=O)NCCCc2nc3ccccc3[nH]2)c(C)c1. The van der Waals surface area contributed by atoms with Crippen LogP contribution < -0.4 is 10.1 Å². The Balaban J connectivity index is 1.39. The van der Waals surface area contributed by atoms with Crippen molar-refractivity contribution in [2.24, 2.45) is 0 Å². The number of hydrogen-bond donors (Lipinski definition) is 2. The van der Waals surface area contributed by atoms with Gasteiger partial charge in [-0.15, -0.1) is 0 Å². The molecule has 130 valence electrons. The fourth-order valence-electron chi connectivity index (χ4n) is 2.76. The van der Waals surface area contributed by atoms with E-state index in [9.17, 15) is 4.79 Å². The standard InChI is InChI=1S/C20H23N3O2/c1-14-9-10-18(15(2)12-14)25-13-20(24)21-11-5-8-19-22-16-6-3-4-7-17(16)23-19/h3-4,6-7,9-10,12H,5,8,11,13H2,1-2H3,(H,21,24)(H,22,23). The van der Waals surface area contributed by atoms with E-state index in [1.54, 1.807) is 0 Å². The lowest BCUT2D eigenvalue weighted by atomic mass is 10.1. The highest BCUT2D eigenvalue weighted by Gasteiger charge is 2.06. The van der Waals surface area contributed by atoms with Crippen LogP contribution in [-0.4, -0.2) is 29.0 Å². The predicted octanol–water partition coefficient (Wildman–Crippen LogP) is 3.31. The predicted molar refractivity (Wildman–Crippen MR) is 98.8 cm³/mol. The minimum Gasteiger partial charge on any atom is -0.484 e. The molecule has 0 aliphatic rings. The van der Waals surface area contributed by atoms with Crippen LogP contribution in [0, 0.1) is 13.8 Å². The first-order valence-corrected chi connectivity index (χ1v) is 8.52. The number of carbonyl (C=O) groups excluding carboxylic acids is 1. The zero-order valence-corrected chi connectivity index (χ0v) is 14.6. The minimum absolute atomic E-state index is 0.0362. The molecule has 0 radical (unpaired) electrons. The van der Waals surface area contributed by atoms with E-state index in [-0.39, 0.29) is 12.5 Å². The Hall–Kier alpha value is -2.82. The van der Waals surface area contributed by atoms with E-state index in [4.69, 9.17) is 4.74 Å². The van der Waals surface area contributed by atoms with E-state index in [0.717, 1.165) is 41.0 Å². The van der Waals surface area contributed by atoms with Crippen LogP contribution in [-0.2, 0) is 11.2 Å². The molecule has 5 nitrogen and oxygen atoms in total. The van der Waals surface area contributed by atoms with Gasteiger partial charge < -0.3 is 15.0 Å². The number of hydrogen-bond acceptors (Lipinski definition) is 3. The number of benzene rings is 2. The summed E-state index contributed by atoms with van der Waals surface area (Å²) in [7, 11) is 0. The van der Waals surface area contributed by atoms with Crippen molar-refractivity contribution in [2.45, 2.75) is 26.7 Å². The number of H-pyrrole nitrogens is 1. The van der Waals surface area contributed by atoms with Gasteiger partial charge in [-0.05, 0) is 44.0 Å². The van der Waals surface area contributed by atoms with E-state index < -0.39 is 0 Å². The number of carbonyl (C=O) groups is 1. The van der Waals surface area contributed by atoms with Crippen molar-refractivity contribution >= 4 is 16.9 Å². The quantitative estimate of drug-likeness (QED) is 0.650. The number of rotatable bonds is 7. The summed E-state index contributed by atoms with van der Waals surface area (Å²) in [6, 6.07) is 13.9. The number of nitrogens with one attached hydrogen (secondary N) is 2. The highest BCUT2D eigenvalue weighted by molar-refractivity contribution is 5.77. The topological polar surface area (TPSA) is 67.0 Å². The molecule has 0 unspecified atom stereocenters. The van der Waals surface area contributed by atoms with Crippen LogP contribution in [0.3, 0.4) is 0 Å². The third-order valence-corrected chi connectivity index (χ3v) is 4.04. The maximum atomic E-state index is 11.9. The molecule has 1 amide bonds. The molecular formula is C20H23N3O2. The van der Waals surface area contributed by atoms with Crippen molar-refractivity contribution < 1.29 is 9.53 Å². The molecule has 0 aliphatic heterocycles. The van der Waals surface area contributed by atoms with Crippen LogP contribution in [0.5, 0.6) is 5.75 Å². The van der Waals surface area contributed by atoms with Crippen molar-refractivity contribution in [1.82, 2.24) is 15.3 Å². The summed E-state index contributed by atoms with van der Waals surface area (Å²) in [5, 5.41) is 2.88. The molecule has 1 aromatic heterocycles. The van der Waals surface area contributed by atoms with Gasteiger partial charge in [0.1, 0.15) is 11.6 Å². The summed E-state index contributed by atoms with van der Waals surface area (Å²) in [6.45, 7) is 4.65. The van der Waals surface area contributed by atoms with Gasteiger partial charge in [-0.2, -0.15) is 0 Å². The van der Waals surface area contributed by atoms with Crippen LogP contribution >= 0.6 is 0 Å². The summed E-state index contributed by atoms with van der Waals surface area (Å²) < 4.78 is 5.58. The molecule has 0 saturated carbocycles. The molecule has 2 aromatic carbocycles. The number of imidazole rings is 1. The van der Waals surface area contributed by atoms with Gasteiger partial charge in [-0.25, -0.2) is 4.98 Å². The van der Waals surface area contributed by atoms with Crippen molar-refractivity contribution in [1.29, 1.82) is 0 Å². The van der Waals surface area contributed by atoms with Gasteiger partial charge in [0.2, 0.25) is 0 Å². The van der Waals surface area contributed by atoms with Gasteiger partial charge in [0.15, 0.2) is 6.61 Å². The van der Waals surface area contributed by atoms with Crippen molar-refractivity contribution in [3.63, 3.8) is 0 Å². The first-order valence-electron chi connectivity index (χ1n) is 8.52. The Morgan fingerprint density at radius 2 is 2.04 bits per heavy atom. The Morgan fingerprint density at radius 1 is 1.20 bits per heavy atom. The number of para-hydroxylation sites is 2. The van der Waals surface area contributed by atoms with E-state index in [0.29, 0.717) is 6.54 Å². The van der Waals surface area contributed by atoms with Gasteiger partial charge in [-0.1, -0.05) is 29.8 Å². The van der Waals surface area contributed by atoms with E-state index in [2.05, 4.69) is 15.3 Å². The average Bonchev–Trinajstić information content (AvgIpc) is 3.01. The summed E-state index contributed by atoms with van der Waals surface area (Å²) in [5.41, 5.74) is 4.24. The molecule has 25 heavy (non-hydrogen) atoms. The van der Waals surface area contributed by atoms with Crippen molar-refractivity contribution in [3.8, 4) is 5.75 Å². The average molecular weight is 337 g/mol. The molecule has 0 bridgehead atoms. The molecule has 3 aromatic rings. The summed E-state index contributed by atoms with van der Waals surface area (Å²) in [5.74, 6) is 1.59. The lowest BCUT2D eigenvalue weighted by Gasteiger charge is -2.10. The number of aromatic nitrogens is 2. The number of aromatic amines is 1. The Bertz CT molecular complexity index is 837. The minimum atomic E-state index is -0.107. The number of fused-ring (bicyclic) bond motifs is 1. The highest BCUT2D eigenvalue weighted by Crippen LogP contribution is 2.18. The first kappa shape index (κ1) is 17.0. The molecule has 0 aliphatic carbocycles. The maximum Gasteiger partial charge on any atom is 0.257 e. The monoisotopic (exact) mass is 337 g/mol. The second-order valence-electron chi connectivity index (χ2n) is 6.21. The number of nitrogens with zero attached hydrogens (tertiary/aromatic N) is 1. The maximum absolute atomic E-state index is 11.9. The molecule has 0 atom stereocenters. The largest absolute Gasteiger partial charge is 0.484 e. The fourth-order valence-corrected chi connectivity index (χ4v) is 2.76. The van der Waals surface area contributed by atoms with Crippen LogP contribution in [0.4, 0.5) is 0 Å². The third kappa shape index (κ3) is 4.59.